The van der Waals surface area contributed by atoms with Crippen LogP contribution in [-0.4, -0.2) is 31.1 Å². The van der Waals surface area contributed by atoms with Gasteiger partial charge in [-0.25, -0.2) is 0 Å². The predicted octanol–water partition coefficient (Wildman–Crippen LogP) is 3.41. The Balaban J connectivity index is 1.88. The predicted molar refractivity (Wildman–Crippen MR) is 78.6 cm³/mol. The Hall–Kier alpha value is -0.0800. The maximum atomic E-state index is 6.16. The highest BCUT2D eigenvalue weighted by Crippen LogP contribution is 2.36. The quantitative estimate of drug-likeness (QED) is 0.734. The van der Waals surface area contributed by atoms with Gasteiger partial charge in [-0.15, -0.1) is 0 Å². The van der Waals surface area contributed by atoms with E-state index in [0.717, 1.165) is 12.5 Å². The van der Waals surface area contributed by atoms with Gasteiger partial charge in [-0.05, 0) is 50.1 Å². The molecule has 2 heteroatoms. The van der Waals surface area contributed by atoms with Crippen LogP contribution >= 0.6 is 0 Å². The summed E-state index contributed by atoms with van der Waals surface area (Å²) in [6.45, 7) is 7.01. The normalized spacial score (nSPS) is 24.8. The van der Waals surface area contributed by atoms with E-state index in [9.17, 15) is 0 Å². The molecule has 0 bridgehead atoms. The van der Waals surface area contributed by atoms with Crippen molar-refractivity contribution in [3.05, 3.63) is 0 Å². The van der Waals surface area contributed by atoms with Gasteiger partial charge >= 0.3 is 0 Å². The molecule has 0 atom stereocenters. The van der Waals surface area contributed by atoms with Crippen LogP contribution in [0.5, 0.6) is 0 Å². The fourth-order valence-corrected chi connectivity index (χ4v) is 3.73. The van der Waals surface area contributed by atoms with E-state index >= 15 is 0 Å². The van der Waals surface area contributed by atoms with Crippen molar-refractivity contribution in [3.63, 3.8) is 0 Å². The summed E-state index contributed by atoms with van der Waals surface area (Å²) in [5.74, 6) is 0.991. The molecule has 0 amide bonds. The SMILES string of the molecule is CCN(CC1CCC1)CC1(CN)CCCCCC1. The molecule has 0 spiro atoms. The van der Waals surface area contributed by atoms with Gasteiger partial charge in [0.25, 0.3) is 0 Å². The van der Waals surface area contributed by atoms with E-state index in [1.807, 2.05) is 0 Å². The highest BCUT2D eigenvalue weighted by Gasteiger charge is 2.32. The van der Waals surface area contributed by atoms with Gasteiger partial charge in [0.2, 0.25) is 0 Å². The third kappa shape index (κ3) is 3.71. The number of nitrogens with zero attached hydrogens (tertiary/aromatic N) is 1. The average Bonchev–Trinajstić information content (AvgIpc) is 2.58. The molecule has 2 N–H and O–H groups in total. The van der Waals surface area contributed by atoms with Crippen LogP contribution in [0.3, 0.4) is 0 Å². The molecule has 2 aliphatic carbocycles. The van der Waals surface area contributed by atoms with Gasteiger partial charge < -0.3 is 10.6 Å². The third-order valence-electron chi connectivity index (χ3n) is 5.34. The minimum Gasteiger partial charge on any atom is -0.330 e. The van der Waals surface area contributed by atoms with E-state index in [1.165, 1.54) is 77.4 Å². The van der Waals surface area contributed by atoms with Crippen LogP contribution in [0.15, 0.2) is 0 Å². The summed E-state index contributed by atoms with van der Waals surface area (Å²) in [6.07, 6.45) is 12.8. The summed E-state index contributed by atoms with van der Waals surface area (Å²) in [5, 5.41) is 0. The van der Waals surface area contributed by atoms with Crippen LogP contribution in [0, 0.1) is 11.3 Å². The second-order valence-corrected chi connectivity index (χ2v) is 6.74. The lowest BCUT2D eigenvalue weighted by molar-refractivity contribution is 0.107. The average molecular weight is 252 g/mol. The van der Waals surface area contributed by atoms with Crippen LogP contribution < -0.4 is 5.73 Å². The number of nitrogens with two attached hydrogens (primary N) is 1. The summed E-state index contributed by atoms with van der Waals surface area (Å²) < 4.78 is 0. The van der Waals surface area contributed by atoms with E-state index in [2.05, 4.69) is 11.8 Å². The molecule has 18 heavy (non-hydrogen) atoms. The molecule has 0 aromatic heterocycles. The fourth-order valence-electron chi connectivity index (χ4n) is 3.73. The van der Waals surface area contributed by atoms with Crippen LogP contribution in [0.2, 0.25) is 0 Å². The van der Waals surface area contributed by atoms with Crippen LogP contribution in [0.1, 0.15) is 64.7 Å². The molecule has 0 saturated heterocycles. The van der Waals surface area contributed by atoms with Crippen molar-refractivity contribution in [3.8, 4) is 0 Å². The molecule has 0 unspecified atom stereocenters. The first-order chi connectivity index (χ1) is 8.78. The molecule has 0 heterocycles. The highest BCUT2D eigenvalue weighted by molar-refractivity contribution is 4.86. The first kappa shape index (κ1) is 14.3. The largest absolute Gasteiger partial charge is 0.330 e. The summed E-state index contributed by atoms with van der Waals surface area (Å²) in [4.78, 5) is 2.70. The fraction of sp³-hybridized carbons (Fsp3) is 1.00. The van der Waals surface area contributed by atoms with Crippen molar-refractivity contribution in [2.45, 2.75) is 64.7 Å². The number of hydrogen-bond acceptors (Lipinski definition) is 2. The molecule has 2 aliphatic rings. The first-order valence-electron chi connectivity index (χ1n) is 8.20. The van der Waals surface area contributed by atoms with Crippen molar-refractivity contribution in [2.75, 3.05) is 26.2 Å². The number of rotatable bonds is 6. The first-order valence-corrected chi connectivity index (χ1v) is 8.20. The summed E-state index contributed by atoms with van der Waals surface area (Å²) in [5.41, 5.74) is 6.60. The minimum absolute atomic E-state index is 0.441. The molecule has 0 radical (unpaired) electrons. The Morgan fingerprint density at radius 2 is 1.72 bits per heavy atom. The molecule has 0 aromatic rings. The van der Waals surface area contributed by atoms with E-state index in [1.54, 1.807) is 0 Å². The van der Waals surface area contributed by atoms with Crippen molar-refractivity contribution in [1.82, 2.24) is 4.90 Å². The van der Waals surface area contributed by atoms with Gasteiger partial charge in [0, 0.05) is 13.1 Å². The van der Waals surface area contributed by atoms with Gasteiger partial charge in [-0.1, -0.05) is 39.0 Å². The lowest BCUT2D eigenvalue weighted by Gasteiger charge is -2.39. The molecule has 2 nitrogen and oxygen atoms in total. The summed E-state index contributed by atoms with van der Waals surface area (Å²) >= 11 is 0. The van der Waals surface area contributed by atoms with Gasteiger partial charge in [0.15, 0.2) is 0 Å². The Labute approximate surface area is 113 Å². The van der Waals surface area contributed by atoms with Crippen molar-refractivity contribution < 1.29 is 0 Å². The van der Waals surface area contributed by atoms with Crippen LogP contribution in [0.4, 0.5) is 0 Å². The van der Waals surface area contributed by atoms with E-state index in [0.29, 0.717) is 5.41 Å². The second-order valence-electron chi connectivity index (χ2n) is 6.74. The molecule has 0 aliphatic heterocycles. The molecule has 106 valence electrons. The number of hydrogen-bond donors (Lipinski definition) is 1. The highest BCUT2D eigenvalue weighted by atomic mass is 15.1. The molecule has 2 rings (SSSR count). The Bertz CT molecular complexity index is 227. The van der Waals surface area contributed by atoms with Crippen LogP contribution in [-0.2, 0) is 0 Å². The summed E-state index contributed by atoms with van der Waals surface area (Å²) in [7, 11) is 0. The zero-order valence-corrected chi connectivity index (χ0v) is 12.3. The second kappa shape index (κ2) is 6.91. The Morgan fingerprint density at radius 3 is 2.17 bits per heavy atom. The molecule has 0 aromatic carbocycles. The maximum Gasteiger partial charge on any atom is 0.00501 e. The zero-order valence-electron chi connectivity index (χ0n) is 12.3. The smallest absolute Gasteiger partial charge is 0.00501 e. The van der Waals surface area contributed by atoms with Gasteiger partial charge in [0.1, 0.15) is 0 Å². The van der Waals surface area contributed by atoms with Crippen LogP contribution in [0.25, 0.3) is 0 Å². The van der Waals surface area contributed by atoms with E-state index in [4.69, 9.17) is 5.73 Å². The van der Waals surface area contributed by atoms with Crippen molar-refractivity contribution in [1.29, 1.82) is 0 Å². The summed E-state index contributed by atoms with van der Waals surface area (Å²) in [6, 6.07) is 0. The molecule has 2 saturated carbocycles. The van der Waals surface area contributed by atoms with Gasteiger partial charge in [0.05, 0.1) is 0 Å². The minimum atomic E-state index is 0.441. The van der Waals surface area contributed by atoms with E-state index in [-0.39, 0.29) is 0 Å². The Kier molecular flexibility index (Phi) is 5.50. The molecular weight excluding hydrogens is 220 g/mol. The van der Waals surface area contributed by atoms with E-state index < -0.39 is 0 Å². The van der Waals surface area contributed by atoms with Crippen molar-refractivity contribution in [2.24, 2.45) is 17.1 Å². The standard InChI is InChI=1S/C16H32N2/c1-2-18(12-15-8-7-9-15)14-16(13-17)10-5-3-4-6-11-16/h15H,2-14,17H2,1H3. The zero-order chi connectivity index (χ0) is 12.8. The lowest BCUT2D eigenvalue weighted by atomic mass is 9.79. The third-order valence-corrected chi connectivity index (χ3v) is 5.34. The topological polar surface area (TPSA) is 29.3 Å². The van der Waals surface area contributed by atoms with Gasteiger partial charge in [-0.3, -0.25) is 0 Å². The van der Waals surface area contributed by atoms with Gasteiger partial charge in [-0.2, -0.15) is 0 Å². The molecule has 2 fully saturated rings. The Morgan fingerprint density at radius 1 is 1.06 bits per heavy atom. The maximum absolute atomic E-state index is 6.16. The monoisotopic (exact) mass is 252 g/mol. The van der Waals surface area contributed by atoms with Crippen molar-refractivity contribution >= 4 is 0 Å². The molecular formula is C16H32N2. The lowest BCUT2D eigenvalue weighted by Crippen LogP contribution is -2.44.